The summed E-state index contributed by atoms with van der Waals surface area (Å²) in [5, 5.41) is 9.07. The quantitative estimate of drug-likeness (QED) is 0.802. The monoisotopic (exact) mass is 286 g/mol. The van der Waals surface area contributed by atoms with Crippen molar-refractivity contribution in [1.82, 2.24) is 0 Å². The first-order valence-electron chi connectivity index (χ1n) is 4.53. The number of nitrogens with zero attached hydrogens (tertiary/aromatic N) is 3. The average Bonchev–Trinajstić information content (AvgIpc) is 2.26. The molecule has 0 amide bonds. The molecular formula is C10H13BrN3O2+. The van der Waals surface area contributed by atoms with E-state index in [1.807, 2.05) is 14.1 Å². The molecule has 0 radical (unpaired) electrons. The zero-order valence-corrected chi connectivity index (χ0v) is 11.2. The predicted molar refractivity (Wildman–Crippen MR) is 66.3 cm³/mol. The Morgan fingerprint density at radius 1 is 1.31 bits per heavy atom. The lowest BCUT2D eigenvalue weighted by Crippen LogP contribution is -2.10. The maximum Gasteiger partial charge on any atom is 0.454 e. The fourth-order valence-corrected chi connectivity index (χ4v) is 2.02. The number of rotatable bonds is 3. The average molecular weight is 287 g/mol. The van der Waals surface area contributed by atoms with Crippen molar-refractivity contribution in [1.29, 1.82) is 5.39 Å². The minimum atomic E-state index is 0.332. The topological polar surface area (TPSA) is 49.9 Å². The van der Waals surface area contributed by atoms with Gasteiger partial charge >= 0.3 is 5.69 Å². The second-order valence-corrected chi connectivity index (χ2v) is 4.14. The Bertz CT molecular complexity index is 441. The highest BCUT2D eigenvalue weighted by Crippen LogP contribution is 2.48. The first-order chi connectivity index (χ1) is 7.56. The van der Waals surface area contributed by atoms with Gasteiger partial charge in [-0.25, -0.2) is 0 Å². The van der Waals surface area contributed by atoms with Gasteiger partial charge in [-0.2, -0.15) is 0 Å². The Morgan fingerprint density at radius 2 is 1.94 bits per heavy atom. The van der Waals surface area contributed by atoms with E-state index in [1.165, 1.54) is 7.11 Å². The lowest BCUT2D eigenvalue weighted by atomic mass is 10.2. The summed E-state index contributed by atoms with van der Waals surface area (Å²) in [5.74, 6) is 1.07. The van der Waals surface area contributed by atoms with E-state index in [-0.39, 0.29) is 0 Å². The summed E-state index contributed by atoms with van der Waals surface area (Å²) in [6.07, 6.45) is 0. The summed E-state index contributed by atoms with van der Waals surface area (Å²) in [6, 6.07) is 1.77. The summed E-state index contributed by atoms with van der Waals surface area (Å²) < 4.78 is 11.1. The van der Waals surface area contributed by atoms with E-state index in [0.29, 0.717) is 27.3 Å². The second kappa shape index (κ2) is 5.03. The van der Waals surface area contributed by atoms with Crippen LogP contribution in [0.2, 0.25) is 0 Å². The molecule has 0 atom stereocenters. The smallest absolute Gasteiger partial charge is 0.454 e. The number of anilines is 1. The molecule has 0 bridgehead atoms. The molecular weight excluding hydrogens is 274 g/mol. The molecule has 5 nitrogen and oxygen atoms in total. The number of hydrogen-bond donors (Lipinski definition) is 0. The first kappa shape index (κ1) is 12.6. The van der Waals surface area contributed by atoms with Crippen LogP contribution in [0.3, 0.4) is 0 Å². The predicted octanol–water partition coefficient (Wildman–Crippen LogP) is 3.02. The fourth-order valence-electron chi connectivity index (χ4n) is 1.46. The third-order valence-electron chi connectivity index (χ3n) is 2.12. The van der Waals surface area contributed by atoms with Crippen LogP contribution in [0.1, 0.15) is 0 Å². The summed E-state index contributed by atoms with van der Waals surface area (Å²) in [4.78, 5) is 5.05. The minimum absolute atomic E-state index is 0.332. The molecule has 0 aliphatic heterocycles. The summed E-state index contributed by atoms with van der Waals surface area (Å²) in [7, 11) is 6.74. The standard InChI is InChI=1S/C10H13BrN3O2/c1-14(2)9-7(15-3)5-6(11)10(16-4)8(9)13-12/h5H,1-4H3/q+1. The fraction of sp³-hybridized carbons (Fsp3) is 0.400. The van der Waals surface area contributed by atoms with Gasteiger partial charge < -0.3 is 14.4 Å². The van der Waals surface area contributed by atoms with Crippen LogP contribution in [0.5, 0.6) is 11.5 Å². The normalized spacial score (nSPS) is 9.50. The molecule has 0 spiro atoms. The SMILES string of the molecule is COc1cc(Br)c(OC)c([N+]#N)c1N(C)C. The van der Waals surface area contributed by atoms with Crippen LogP contribution in [-0.2, 0) is 0 Å². The molecule has 16 heavy (non-hydrogen) atoms. The van der Waals surface area contributed by atoms with Crippen molar-refractivity contribution >= 4 is 27.3 Å². The van der Waals surface area contributed by atoms with Gasteiger partial charge in [0, 0.05) is 20.2 Å². The van der Waals surface area contributed by atoms with Gasteiger partial charge in [0.25, 0.3) is 0 Å². The third kappa shape index (κ3) is 2.04. The van der Waals surface area contributed by atoms with Crippen molar-refractivity contribution < 1.29 is 9.47 Å². The highest BCUT2D eigenvalue weighted by Gasteiger charge is 2.30. The van der Waals surface area contributed by atoms with Crippen LogP contribution in [0.4, 0.5) is 11.4 Å². The molecule has 0 saturated heterocycles. The van der Waals surface area contributed by atoms with Crippen LogP contribution in [0, 0.1) is 5.39 Å². The number of ether oxygens (including phenoxy) is 2. The highest BCUT2D eigenvalue weighted by atomic mass is 79.9. The van der Waals surface area contributed by atoms with E-state index in [1.54, 1.807) is 18.1 Å². The lowest BCUT2D eigenvalue weighted by molar-refractivity contribution is 0.403. The second-order valence-electron chi connectivity index (χ2n) is 3.29. The number of methoxy groups -OCH3 is 2. The van der Waals surface area contributed by atoms with Gasteiger partial charge in [0.1, 0.15) is 0 Å². The van der Waals surface area contributed by atoms with Crippen LogP contribution in [-0.4, -0.2) is 28.3 Å². The van der Waals surface area contributed by atoms with E-state index in [0.717, 1.165) is 0 Å². The van der Waals surface area contributed by atoms with Gasteiger partial charge in [0.05, 0.1) is 18.7 Å². The van der Waals surface area contributed by atoms with E-state index >= 15 is 0 Å². The van der Waals surface area contributed by atoms with Crippen molar-refractivity contribution in [2.75, 3.05) is 33.2 Å². The first-order valence-corrected chi connectivity index (χ1v) is 5.33. The van der Waals surface area contributed by atoms with Gasteiger partial charge in [-0.3, -0.25) is 0 Å². The molecule has 1 aromatic rings. The van der Waals surface area contributed by atoms with Crippen molar-refractivity contribution in [2.24, 2.45) is 0 Å². The van der Waals surface area contributed by atoms with E-state index in [4.69, 9.17) is 14.9 Å². The molecule has 0 aliphatic carbocycles. The number of benzene rings is 1. The molecule has 0 N–H and O–H groups in total. The van der Waals surface area contributed by atoms with Crippen molar-refractivity contribution in [3.05, 3.63) is 15.5 Å². The van der Waals surface area contributed by atoms with E-state index in [9.17, 15) is 0 Å². The Morgan fingerprint density at radius 3 is 2.31 bits per heavy atom. The van der Waals surface area contributed by atoms with Gasteiger partial charge in [-0.15, -0.1) is 0 Å². The van der Waals surface area contributed by atoms with E-state index in [2.05, 4.69) is 20.9 Å². The molecule has 1 aromatic carbocycles. The summed E-state index contributed by atoms with van der Waals surface area (Å²) in [5.41, 5.74) is 0.990. The largest absolute Gasteiger partial charge is 0.494 e. The Labute approximate surface area is 103 Å². The van der Waals surface area contributed by atoms with Crippen LogP contribution in [0.25, 0.3) is 4.98 Å². The van der Waals surface area contributed by atoms with Crippen molar-refractivity contribution in [3.8, 4) is 11.5 Å². The van der Waals surface area contributed by atoms with Gasteiger partial charge in [-0.1, -0.05) is 0 Å². The maximum atomic E-state index is 9.07. The van der Waals surface area contributed by atoms with Gasteiger partial charge in [0.2, 0.25) is 11.1 Å². The maximum absolute atomic E-state index is 9.07. The summed E-state index contributed by atoms with van der Waals surface area (Å²) in [6.45, 7) is 0. The molecule has 86 valence electrons. The number of diazo groups is 1. The van der Waals surface area contributed by atoms with Gasteiger partial charge in [-0.05, 0) is 15.9 Å². The molecule has 1 rings (SSSR count). The molecule has 0 fully saturated rings. The Hall–Kier alpha value is -1.48. The molecule has 0 aromatic heterocycles. The number of hydrogen-bond acceptors (Lipinski definition) is 4. The molecule has 0 aliphatic rings. The lowest BCUT2D eigenvalue weighted by Gasteiger charge is -2.15. The highest BCUT2D eigenvalue weighted by molar-refractivity contribution is 9.10. The van der Waals surface area contributed by atoms with Gasteiger partial charge in [0.15, 0.2) is 16.4 Å². The molecule has 6 heteroatoms. The Balaban J connectivity index is 3.61. The summed E-state index contributed by atoms with van der Waals surface area (Å²) >= 11 is 3.33. The van der Waals surface area contributed by atoms with Crippen molar-refractivity contribution in [3.63, 3.8) is 0 Å². The Kier molecular flexibility index (Phi) is 3.96. The molecule has 0 saturated carbocycles. The van der Waals surface area contributed by atoms with Crippen LogP contribution in [0.15, 0.2) is 10.5 Å². The van der Waals surface area contributed by atoms with Crippen molar-refractivity contribution in [2.45, 2.75) is 0 Å². The number of halogens is 1. The molecule has 0 heterocycles. The van der Waals surface area contributed by atoms with E-state index < -0.39 is 0 Å². The zero-order chi connectivity index (χ0) is 12.3. The van der Waals surface area contributed by atoms with Crippen LogP contribution >= 0.6 is 15.9 Å². The third-order valence-corrected chi connectivity index (χ3v) is 2.71. The molecule has 0 unspecified atom stereocenters. The van der Waals surface area contributed by atoms with Crippen LogP contribution < -0.4 is 14.4 Å². The zero-order valence-electron chi connectivity index (χ0n) is 9.61. The minimum Gasteiger partial charge on any atom is -0.494 e.